The van der Waals surface area contributed by atoms with Crippen LogP contribution in [0.3, 0.4) is 0 Å². The van der Waals surface area contributed by atoms with Gasteiger partial charge in [0.15, 0.2) is 9.84 Å². The molecule has 0 atom stereocenters. The van der Waals surface area contributed by atoms with E-state index in [-0.39, 0.29) is 15.8 Å². The third kappa shape index (κ3) is 3.08. The van der Waals surface area contributed by atoms with Crippen LogP contribution >= 0.6 is 11.6 Å². The monoisotopic (exact) mass is 259 g/mol. The summed E-state index contributed by atoms with van der Waals surface area (Å²) in [7, 11) is -3.35. The summed E-state index contributed by atoms with van der Waals surface area (Å²) < 4.78 is 22.5. The Kier molecular flexibility index (Phi) is 3.72. The van der Waals surface area contributed by atoms with Gasteiger partial charge >= 0.3 is 0 Å². The molecule has 1 N–H and O–H groups in total. The number of carbonyl (C=O) groups is 1. The molecule has 0 aromatic heterocycles. The third-order valence-electron chi connectivity index (χ3n) is 1.78. The molecule has 1 amide bonds. The summed E-state index contributed by atoms with van der Waals surface area (Å²) in [5, 5.41) is 2.55. The summed E-state index contributed by atoms with van der Waals surface area (Å²) in [5.41, 5.74) is 0.419. The fourth-order valence-electron chi connectivity index (χ4n) is 1.07. The number of rotatable bonds is 3. The van der Waals surface area contributed by atoms with E-state index in [1.165, 1.54) is 18.2 Å². The van der Waals surface area contributed by atoms with Crippen LogP contribution in [-0.2, 0) is 14.6 Å². The van der Waals surface area contributed by atoms with Crippen molar-refractivity contribution in [2.45, 2.75) is 4.90 Å². The zero-order valence-corrected chi connectivity index (χ0v) is 10.1. The number of halogens is 1. The molecule has 0 aliphatic rings. The van der Waals surface area contributed by atoms with Crippen LogP contribution in [-0.4, -0.2) is 20.6 Å². The smallest absolute Gasteiger partial charge is 0.247 e. The molecule has 1 rings (SSSR count). The summed E-state index contributed by atoms with van der Waals surface area (Å²) in [5.74, 6) is -0.386. The lowest BCUT2D eigenvalue weighted by molar-refractivity contribution is -0.111. The summed E-state index contributed by atoms with van der Waals surface area (Å²) in [6, 6.07) is 4.18. The first-order chi connectivity index (χ1) is 7.34. The van der Waals surface area contributed by atoms with Crippen LogP contribution in [0.4, 0.5) is 5.69 Å². The largest absolute Gasteiger partial charge is 0.322 e. The van der Waals surface area contributed by atoms with E-state index in [4.69, 9.17) is 11.6 Å². The Labute approximate surface area is 98.8 Å². The van der Waals surface area contributed by atoms with Gasteiger partial charge in [-0.15, -0.1) is 0 Å². The average molecular weight is 260 g/mol. The first kappa shape index (κ1) is 12.7. The molecule has 0 saturated heterocycles. The van der Waals surface area contributed by atoms with E-state index < -0.39 is 9.84 Å². The van der Waals surface area contributed by atoms with Gasteiger partial charge in [-0.2, -0.15) is 0 Å². The van der Waals surface area contributed by atoms with Crippen molar-refractivity contribution in [3.05, 3.63) is 35.9 Å². The molecular formula is C10H10ClNO3S. The molecular weight excluding hydrogens is 250 g/mol. The minimum Gasteiger partial charge on any atom is -0.322 e. The van der Waals surface area contributed by atoms with Gasteiger partial charge in [0.1, 0.15) is 0 Å². The topological polar surface area (TPSA) is 63.2 Å². The Hall–Kier alpha value is -1.33. The summed E-state index contributed by atoms with van der Waals surface area (Å²) in [6.45, 7) is 3.30. The lowest BCUT2D eigenvalue weighted by atomic mass is 10.3. The summed E-state index contributed by atoms with van der Waals surface area (Å²) >= 11 is 5.78. The molecule has 0 aliphatic carbocycles. The van der Waals surface area contributed by atoms with Crippen molar-refractivity contribution in [2.24, 2.45) is 0 Å². The zero-order valence-electron chi connectivity index (χ0n) is 8.53. The number of carbonyl (C=O) groups excluding carboxylic acids is 1. The first-order valence-electron chi connectivity index (χ1n) is 4.27. The normalized spacial score (nSPS) is 10.9. The average Bonchev–Trinajstić information content (AvgIpc) is 2.15. The van der Waals surface area contributed by atoms with Crippen LogP contribution < -0.4 is 5.32 Å². The highest BCUT2D eigenvalue weighted by Crippen LogP contribution is 2.24. The number of benzene rings is 1. The van der Waals surface area contributed by atoms with Crippen molar-refractivity contribution in [2.75, 3.05) is 11.6 Å². The van der Waals surface area contributed by atoms with Crippen LogP contribution in [0.2, 0.25) is 5.02 Å². The Balaban J connectivity index is 3.10. The predicted octanol–water partition coefficient (Wildman–Crippen LogP) is 1.87. The van der Waals surface area contributed by atoms with Crippen molar-refractivity contribution in [3.8, 4) is 0 Å². The quantitative estimate of drug-likeness (QED) is 0.843. The highest BCUT2D eigenvalue weighted by molar-refractivity contribution is 7.90. The molecule has 1 aromatic carbocycles. The van der Waals surface area contributed by atoms with Gasteiger partial charge in [0.25, 0.3) is 0 Å². The Morgan fingerprint density at radius 2 is 2.12 bits per heavy atom. The van der Waals surface area contributed by atoms with Crippen LogP contribution in [0.25, 0.3) is 0 Å². The second kappa shape index (κ2) is 4.67. The van der Waals surface area contributed by atoms with Crippen molar-refractivity contribution >= 4 is 33.0 Å². The molecule has 0 heterocycles. The summed E-state index contributed by atoms with van der Waals surface area (Å²) in [6.07, 6.45) is 2.18. The Morgan fingerprint density at radius 3 is 2.56 bits per heavy atom. The molecule has 0 spiro atoms. The second-order valence-corrected chi connectivity index (χ2v) is 5.50. The van der Waals surface area contributed by atoms with Crippen LogP contribution in [0.5, 0.6) is 0 Å². The maximum absolute atomic E-state index is 11.3. The number of hydrogen-bond donors (Lipinski definition) is 1. The molecule has 0 aliphatic heterocycles. The molecule has 0 radical (unpaired) electrons. The van der Waals surface area contributed by atoms with Crippen molar-refractivity contribution in [1.29, 1.82) is 0 Å². The van der Waals surface area contributed by atoms with E-state index >= 15 is 0 Å². The van der Waals surface area contributed by atoms with Gasteiger partial charge in [-0.1, -0.05) is 18.2 Å². The fourth-order valence-corrected chi connectivity index (χ4v) is 2.40. The molecule has 1 aromatic rings. The zero-order chi connectivity index (χ0) is 12.3. The van der Waals surface area contributed by atoms with Crippen molar-refractivity contribution < 1.29 is 13.2 Å². The maximum Gasteiger partial charge on any atom is 0.247 e. The van der Waals surface area contributed by atoms with Crippen molar-refractivity contribution in [3.63, 3.8) is 0 Å². The minimum atomic E-state index is -3.35. The van der Waals surface area contributed by atoms with Gasteiger partial charge in [-0.25, -0.2) is 8.42 Å². The molecule has 6 heteroatoms. The van der Waals surface area contributed by atoms with Gasteiger partial charge in [-0.05, 0) is 24.3 Å². The Morgan fingerprint density at radius 1 is 1.50 bits per heavy atom. The van der Waals surface area contributed by atoms with Gasteiger partial charge in [-0.3, -0.25) is 4.79 Å². The number of hydrogen-bond acceptors (Lipinski definition) is 3. The highest BCUT2D eigenvalue weighted by Gasteiger charge is 2.12. The van der Waals surface area contributed by atoms with E-state index in [0.29, 0.717) is 5.69 Å². The van der Waals surface area contributed by atoms with Gasteiger partial charge in [0.05, 0.1) is 9.92 Å². The van der Waals surface area contributed by atoms with E-state index in [0.717, 1.165) is 12.3 Å². The minimum absolute atomic E-state index is 0.0331. The molecule has 16 heavy (non-hydrogen) atoms. The lowest BCUT2D eigenvalue weighted by Crippen LogP contribution is -2.07. The molecule has 0 bridgehead atoms. The fraction of sp³-hybridized carbons (Fsp3) is 0.100. The van der Waals surface area contributed by atoms with Gasteiger partial charge < -0.3 is 5.32 Å². The van der Waals surface area contributed by atoms with Crippen LogP contribution in [0.1, 0.15) is 0 Å². The lowest BCUT2D eigenvalue weighted by Gasteiger charge is -2.05. The second-order valence-electron chi connectivity index (χ2n) is 3.11. The van der Waals surface area contributed by atoms with E-state index in [2.05, 4.69) is 11.9 Å². The van der Waals surface area contributed by atoms with Crippen molar-refractivity contribution in [1.82, 2.24) is 0 Å². The van der Waals surface area contributed by atoms with Gasteiger partial charge in [0, 0.05) is 11.9 Å². The third-order valence-corrected chi connectivity index (χ3v) is 3.36. The first-order valence-corrected chi connectivity index (χ1v) is 6.54. The highest BCUT2D eigenvalue weighted by atomic mass is 35.5. The van der Waals surface area contributed by atoms with E-state index in [1.54, 1.807) is 0 Å². The number of sulfone groups is 1. The molecule has 0 fully saturated rings. The van der Waals surface area contributed by atoms with Gasteiger partial charge in [0.2, 0.25) is 5.91 Å². The molecule has 86 valence electrons. The van der Waals surface area contributed by atoms with E-state index in [9.17, 15) is 13.2 Å². The number of anilines is 1. The molecule has 0 unspecified atom stereocenters. The predicted molar refractivity (Wildman–Crippen MR) is 63.4 cm³/mol. The number of nitrogens with one attached hydrogen (secondary N) is 1. The SMILES string of the molecule is C=CC(=O)Nc1ccc(S(C)(=O)=O)c(Cl)c1. The standard InChI is InChI=1S/C10H10ClNO3S/c1-3-10(13)12-7-4-5-9(8(11)6-7)16(2,14)15/h3-6H,1H2,2H3,(H,12,13). The number of amides is 1. The summed E-state index contributed by atoms with van der Waals surface area (Å²) in [4.78, 5) is 11.0. The molecule has 4 nitrogen and oxygen atoms in total. The van der Waals surface area contributed by atoms with E-state index in [1.807, 2.05) is 0 Å². The maximum atomic E-state index is 11.3. The Bertz CT molecular complexity index is 537. The van der Waals surface area contributed by atoms with Crippen LogP contribution in [0, 0.1) is 0 Å². The molecule has 0 saturated carbocycles. The van der Waals surface area contributed by atoms with Crippen LogP contribution in [0.15, 0.2) is 35.7 Å².